The highest BCUT2D eigenvalue weighted by Crippen LogP contribution is 2.30. The van der Waals surface area contributed by atoms with Crippen molar-refractivity contribution in [3.63, 3.8) is 0 Å². The van der Waals surface area contributed by atoms with E-state index in [1.807, 2.05) is 35.2 Å². The van der Waals surface area contributed by atoms with Crippen molar-refractivity contribution in [1.29, 1.82) is 0 Å². The van der Waals surface area contributed by atoms with E-state index in [-0.39, 0.29) is 41.5 Å². The summed E-state index contributed by atoms with van der Waals surface area (Å²) < 4.78 is 6.97. The normalized spacial score (nSPS) is 18.3. The standard InChI is InChI=1S/C39H44ClN9O6/c1-41-34(51)23-55-32-20-27-19-28(6-8-31(27)46(2)38(32)54)43-35-30(40)21-42-39(45-35)49-12-10-24(11-13-49)22-47-14-16-48(17-15-47)37(53)26-5-3-4-25(18-26)29-7-9-33(50)44-36(29)52/h3-6,8,18-21,24,29H,7,9-17,22-23H2,1-2H3,(H,41,51)(H,42,43,45)(H,44,50,52). The van der Waals surface area contributed by atoms with E-state index in [1.165, 1.54) is 11.6 Å². The van der Waals surface area contributed by atoms with Crippen molar-refractivity contribution in [2.75, 3.05) is 69.7 Å². The third-order valence-electron chi connectivity index (χ3n) is 10.7. The molecule has 3 aliphatic rings. The molecule has 1 unspecified atom stereocenters. The minimum absolute atomic E-state index is 0.0373. The topological polar surface area (TPSA) is 171 Å². The van der Waals surface area contributed by atoms with Gasteiger partial charge in [-0.3, -0.25) is 34.2 Å². The zero-order chi connectivity index (χ0) is 38.6. The first kappa shape index (κ1) is 37.8. The number of carbonyl (C=O) groups is 4. The molecule has 3 saturated heterocycles. The number of anilines is 3. The van der Waals surface area contributed by atoms with Crippen LogP contribution >= 0.6 is 11.6 Å². The van der Waals surface area contributed by atoms with E-state index < -0.39 is 5.92 Å². The molecule has 0 radical (unpaired) electrons. The van der Waals surface area contributed by atoms with Crippen molar-refractivity contribution in [3.8, 4) is 5.75 Å². The summed E-state index contributed by atoms with van der Waals surface area (Å²) in [5, 5.41) is 9.28. The number of hydrogen-bond acceptors (Lipinski definition) is 11. The fourth-order valence-electron chi connectivity index (χ4n) is 7.48. The van der Waals surface area contributed by atoms with Crippen LogP contribution in [0.5, 0.6) is 5.75 Å². The number of halogens is 1. The number of benzene rings is 2. The van der Waals surface area contributed by atoms with Crippen molar-refractivity contribution < 1.29 is 23.9 Å². The first-order valence-electron chi connectivity index (χ1n) is 18.5. The largest absolute Gasteiger partial charge is 0.478 e. The summed E-state index contributed by atoms with van der Waals surface area (Å²) in [5.41, 5.74) is 2.39. The van der Waals surface area contributed by atoms with Gasteiger partial charge < -0.3 is 29.7 Å². The van der Waals surface area contributed by atoms with E-state index >= 15 is 0 Å². The Kier molecular flexibility index (Phi) is 11.3. The van der Waals surface area contributed by atoms with Crippen LogP contribution in [0.4, 0.5) is 17.5 Å². The van der Waals surface area contributed by atoms with E-state index in [4.69, 9.17) is 21.3 Å². The number of fused-ring (bicyclic) bond motifs is 1. The van der Waals surface area contributed by atoms with Crippen LogP contribution in [0.1, 0.15) is 47.5 Å². The van der Waals surface area contributed by atoms with Gasteiger partial charge in [0.15, 0.2) is 18.2 Å². The summed E-state index contributed by atoms with van der Waals surface area (Å²) in [6, 6.07) is 14.4. The average molecular weight is 770 g/mol. The minimum Gasteiger partial charge on any atom is -0.478 e. The Labute approximate surface area is 323 Å². The molecular formula is C39H44ClN9O6. The smallest absolute Gasteiger partial charge is 0.293 e. The number of pyridine rings is 1. The van der Waals surface area contributed by atoms with E-state index in [0.717, 1.165) is 56.5 Å². The van der Waals surface area contributed by atoms with Crippen LogP contribution in [-0.2, 0) is 21.4 Å². The Bertz CT molecular complexity index is 2180. The molecule has 5 heterocycles. The lowest BCUT2D eigenvalue weighted by molar-refractivity contribution is -0.134. The maximum absolute atomic E-state index is 13.4. The zero-order valence-corrected chi connectivity index (χ0v) is 31.6. The molecule has 3 aliphatic heterocycles. The van der Waals surface area contributed by atoms with Gasteiger partial charge >= 0.3 is 0 Å². The van der Waals surface area contributed by atoms with E-state index in [0.29, 0.717) is 65.4 Å². The molecule has 0 spiro atoms. The van der Waals surface area contributed by atoms with Crippen molar-refractivity contribution in [3.05, 3.63) is 81.2 Å². The lowest BCUT2D eigenvalue weighted by atomic mass is 9.89. The molecule has 7 rings (SSSR count). The third kappa shape index (κ3) is 8.57. The van der Waals surface area contributed by atoms with Gasteiger partial charge in [0.1, 0.15) is 5.02 Å². The van der Waals surface area contributed by atoms with E-state index in [1.54, 1.807) is 31.4 Å². The molecule has 15 nitrogen and oxygen atoms in total. The molecule has 0 bridgehead atoms. The molecule has 16 heteroatoms. The van der Waals surface area contributed by atoms with Crippen LogP contribution in [0.3, 0.4) is 0 Å². The number of aryl methyl sites for hydroxylation is 1. The maximum Gasteiger partial charge on any atom is 0.293 e. The van der Waals surface area contributed by atoms with Gasteiger partial charge in [0.2, 0.25) is 17.8 Å². The quantitative estimate of drug-likeness (QED) is 0.203. The number of rotatable bonds is 10. The van der Waals surface area contributed by atoms with Gasteiger partial charge in [-0.05, 0) is 67.1 Å². The van der Waals surface area contributed by atoms with E-state index in [9.17, 15) is 24.0 Å². The number of carbonyl (C=O) groups excluding carboxylic acids is 4. The van der Waals surface area contributed by atoms with Crippen LogP contribution in [0.25, 0.3) is 10.9 Å². The number of hydrogen-bond donors (Lipinski definition) is 3. The summed E-state index contributed by atoms with van der Waals surface area (Å²) in [5.74, 6) is 0.275. The second-order valence-electron chi connectivity index (χ2n) is 14.3. The second kappa shape index (κ2) is 16.4. The summed E-state index contributed by atoms with van der Waals surface area (Å²) in [6.07, 6.45) is 4.30. The lowest BCUT2D eigenvalue weighted by Crippen LogP contribution is -2.50. The Morgan fingerprint density at radius 1 is 0.982 bits per heavy atom. The van der Waals surface area contributed by atoms with Crippen LogP contribution in [-0.4, -0.2) is 107 Å². The Balaban J connectivity index is 0.912. The summed E-state index contributed by atoms with van der Waals surface area (Å²) in [4.78, 5) is 77.6. The Morgan fingerprint density at radius 3 is 2.51 bits per heavy atom. The zero-order valence-electron chi connectivity index (χ0n) is 30.8. The molecule has 4 amide bonds. The average Bonchev–Trinajstić information content (AvgIpc) is 3.19. The molecule has 2 aromatic carbocycles. The van der Waals surface area contributed by atoms with Gasteiger partial charge in [-0.15, -0.1) is 0 Å². The van der Waals surface area contributed by atoms with Gasteiger partial charge in [-0.25, -0.2) is 4.98 Å². The lowest BCUT2D eigenvalue weighted by Gasteiger charge is -2.39. The molecule has 3 N–H and O–H groups in total. The van der Waals surface area contributed by atoms with Crippen LogP contribution in [0.2, 0.25) is 5.02 Å². The summed E-state index contributed by atoms with van der Waals surface area (Å²) in [6.45, 7) is 5.16. The fourth-order valence-corrected chi connectivity index (χ4v) is 7.62. The van der Waals surface area contributed by atoms with Crippen molar-refractivity contribution in [2.24, 2.45) is 13.0 Å². The van der Waals surface area contributed by atoms with E-state index in [2.05, 4.69) is 30.7 Å². The summed E-state index contributed by atoms with van der Waals surface area (Å²) >= 11 is 6.54. The minimum atomic E-state index is -0.423. The van der Waals surface area contributed by atoms with Gasteiger partial charge in [-0.2, -0.15) is 4.98 Å². The predicted octanol–water partition coefficient (Wildman–Crippen LogP) is 3.04. The number of ether oxygens (including phenoxy) is 1. The molecule has 0 aliphatic carbocycles. The number of likely N-dealkylation sites (N-methyl/N-ethyl adjacent to an activating group) is 1. The molecule has 0 saturated carbocycles. The van der Waals surface area contributed by atoms with Gasteiger partial charge in [0.25, 0.3) is 17.4 Å². The first-order valence-corrected chi connectivity index (χ1v) is 18.9. The van der Waals surface area contributed by atoms with Crippen LogP contribution in [0.15, 0.2) is 59.5 Å². The number of piperazine rings is 1. The maximum atomic E-state index is 13.4. The van der Waals surface area contributed by atoms with Crippen molar-refractivity contribution in [1.82, 2.24) is 35.0 Å². The highest BCUT2D eigenvalue weighted by atomic mass is 35.5. The number of piperidine rings is 2. The Morgan fingerprint density at radius 2 is 1.76 bits per heavy atom. The predicted molar refractivity (Wildman–Crippen MR) is 208 cm³/mol. The first-order chi connectivity index (χ1) is 26.6. The molecule has 55 heavy (non-hydrogen) atoms. The number of imide groups is 1. The Hall–Kier alpha value is -5.54. The number of amides is 4. The van der Waals surface area contributed by atoms with Crippen molar-refractivity contribution in [2.45, 2.75) is 31.6 Å². The molecule has 4 aromatic rings. The highest BCUT2D eigenvalue weighted by Gasteiger charge is 2.30. The second-order valence-corrected chi connectivity index (χ2v) is 14.7. The van der Waals surface area contributed by atoms with Crippen LogP contribution < -0.4 is 31.1 Å². The van der Waals surface area contributed by atoms with Crippen LogP contribution in [0, 0.1) is 5.92 Å². The fraction of sp³-hybridized carbons (Fsp3) is 0.410. The molecule has 288 valence electrons. The van der Waals surface area contributed by atoms with Gasteiger partial charge in [-0.1, -0.05) is 23.7 Å². The SMILES string of the molecule is CNC(=O)COc1cc2cc(Nc3nc(N4CCC(CN5CCN(C(=O)c6cccc(C7CCC(=O)NC7=O)c6)CC5)CC4)ncc3Cl)ccc2n(C)c1=O. The van der Waals surface area contributed by atoms with Gasteiger partial charge in [0, 0.05) is 83.0 Å². The summed E-state index contributed by atoms with van der Waals surface area (Å²) in [7, 11) is 3.16. The molecule has 2 aromatic heterocycles. The number of aromatic nitrogens is 3. The van der Waals surface area contributed by atoms with Crippen molar-refractivity contribution >= 4 is 63.6 Å². The third-order valence-corrected chi connectivity index (χ3v) is 10.9. The molecule has 1 atom stereocenters. The number of nitrogens with one attached hydrogen (secondary N) is 3. The number of nitrogens with zero attached hydrogens (tertiary/aromatic N) is 6. The van der Waals surface area contributed by atoms with Gasteiger partial charge in [0.05, 0.1) is 17.6 Å². The monoisotopic (exact) mass is 769 g/mol. The highest BCUT2D eigenvalue weighted by molar-refractivity contribution is 6.33. The molecule has 3 fully saturated rings. The molecular weight excluding hydrogens is 726 g/mol.